The molecule has 0 saturated carbocycles. The van der Waals surface area contributed by atoms with Crippen molar-refractivity contribution in [2.24, 2.45) is 11.5 Å². The monoisotopic (exact) mass is 390 g/mol. The second-order valence-electron chi connectivity index (χ2n) is 4.50. The Kier molecular flexibility index (Phi) is 15.1. The molecule has 0 saturated heterocycles. The number of nitrogens with one attached hydrogen (secondary N) is 2. The van der Waals surface area contributed by atoms with Crippen LogP contribution < -0.4 is 11.5 Å². The molecule has 0 atom stereocenters. The molecular formula is C11H24Cl2N6O5. The molecule has 0 spiro atoms. The number of aliphatic hydroxyl groups excluding tert-OH is 1. The Morgan fingerprint density at radius 2 is 1.25 bits per heavy atom. The lowest BCUT2D eigenvalue weighted by Gasteiger charge is -2.18. The highest BCUT2D eigenvalue weighted by atomic mass is 35.5. The molecule has 0 aliphatic rings. The summed E-state index contributed by atoms with van der Waals surface area (Å²) in [6.07, 6.45) is -1.18. The maximum absolute atomic E-state index is 11.3. The van der Waals surface area contributed by atoms with Gasteiger partial charge in [0, 0.05) is 14.1 Å². The van der Waals surface area contributed by atoms with Gasteiger partial charge in [0.05, 0.1) is 0 Å². The summed E-state index contributed by atoms with van der Waals surface area (Å²) in [5, 5.41) is 23.7. The maximum Gasteiger partial charge on any atom is 0.325 e. The second kappa shape index (κ2) is 13.5. The number of nitrogens with two attached hydrogens (primary N) is 2. The van der Waals surface area contributed by atoms with Crippen LogP contribution >= 0.6 is 24.8 Å². The number of nitrogens with zero attached hydrogens (tertiary/aromatic N) is 2. The summed E-state index contributed by atoms with van der Waals surface area (Å²) < 4.78 is 9.48. The smallest absolute Gasteiger partial charge is 0.325 e. The standard InChI is InChI=1S/C11H22N6O5.2ClH/c1-16(10(12)13)3-8(19)21-5-7(18)6-22-9(20)4-17(2)11(14)15;;/h7,18H,3-6H2,1-2H3,(H3,12,13)(H3,14,15);2*1H. The van der Waals surface area contributed by atoms with Gasteiger partial charge in [0.2, 0.25) is 0 Å². The summed E-state index contributed by atoms with van der Waals surface area (Å²) in [6, 6.07) is 0. The largest absolute Gasteiger partial charge is 0.461 e. The molecule has 11 nitrogen and oxygen atoms in total. The normalized spacial score (nSPS) is 10.3. The molecule has 7 N–H and O–H groups in total. The summed E-state index contributed by atoms with van der Waals surface area (Å²) in [7, 11) is 2.88. The van der Waals surface area contributed by atoms with E-state index in [1.165, 1.54) is 14.1 Å². The van der Waals surface area contributed by atoms with Crippen LogP contribution in [0.2, 0.25) is 0 Å². The van der Waals surface area contributed by atoms with Crippen molar-refractivity contribution in [1.29, 1.82) is 10.8 Å². The molecule has 0 unspecified atom stereocenters. The molecule has 13 heteroatoms. The minimum atomic E-state index is -1.18. The summed E-state index contributed by atoms with van der Waals surface area (Å²) in [5.74, 6) is -1.94. The Balaban J connectivity index is -0.00000220. The van der Waals surface area contributed by atoms with E-state index in [2.05, 4.69) is 0 Å². The molecule has 24 heavy (non-hydrogen) atoms. The van der Waals surface area contributed by atoms with E-state index in [9.17, 15) is 14.7 Å². The fourth-order valence-corrected chi connectivity index (χ4v) is 1.08. The van der Waals surface area contributed by atoms with Gasteiger partial charge in [-0.15, -0.1) is 24.8 Å². The zero-order chi connectivity index (χ0) is 17.3. The van der Waals surface area contributed by atoms with Crippen LogP contribution in [0.1, 0.15) is 0 Å². The highest BCUT2D eigenvalue weighted by molar-refractivity contribution is 5.85. The first kappa shape index (κ1) is 26.9. The van der Waals surface area contributed by atoms with Gasteiger partial charge in [-0.2, -0.15) is 0 Å². The number of rotatable bonds is 8. The number of carbonyl (C=O) groups excluding carboxylic acids is 2. The van der Waals surface area contributed by atoms with E-state index in [1.807, 2.05) is 0 Å². The third kappa shape index (κ3) is 12.6. The van der Waals surface area contributed by atoms with Crippen LogP contribution in [-0.4, -0.2) is 85.3 Å². The van der Waals surface area contributed by atoms with E-state index < -0.39 is 18.0 Å². The number of halogens is 2. The molecule has 0 aromatic rings. The fraction of sp³-hybridized carbons (Fsp3) is 0.636. The van der Waals surface area contributed by atoms with Gasteiger partial charge in [-0.25, -0.2) is 0 Å². The van der Waals surface area contributed by atoms with Crippen molar-refractivity contribution < 1.29 is 24.2 Å². The van der Waals surface area contributed by atoms with E-state index in [0.29, 0.717) is 0 Å². The van der Waals surface area contributed by atoms with Gasteiger partial charge in [0.15, 0.2) is 11.9 Å². The molecule has 0 heterocycles. The van der Waals surface area contributed by atoms with Gasteiger partial charge in [-0.1, -0.05) is 0 Å². The van der Waals surface area contributed by atoms with Gasteiger partial charge >= 0.3 is 11.9 Å². The third-order valence-electron chi connectivity index (χ3n) is 2.43. The summed E-state index contributed by atoms with van der Waals surface area (Å²) in [5.41, 5.74) is 10.3. The minimum absolute atomic E-state index is 0. The lowest BCUT2D eigenvalue weighted by Crippen LogP contribution is -2.39. The first-order valence-corrected chi connectivity index (χ1v) is 6.23. The second-order valence-corrected chi connectivity index (χ2v) is 4.50. The highest BCUT2D eigenvalue weighted by Crippen LogP contribution is 1.93. The van der Waals surface area contributed by atoms with Gasteiger partial charge in [-0.05, 0) is 0 Å². The number of hydrogen-bond donors (Lipinski definition) is 5. The van der Waals surface area contributed by atoms with Gasteiger partial charge in [0.25, 0.3) is 0 Å². The third-order valence-corrected chi connectivity index (χ3v) is 2.43. The number of ether oxygens (including phenoxy) is 2. The van der Waals surface area contributed by atoms with Crippen LogP contribution in [0.15, 0.2) is 0 Å². The average Bonchev–Trinajstić information content (AvgIpc) is 2.42. The van der Waals surface area contributed by atoms with Crippen molar-refractivity contribution >= 4 is 48.7 Å². The Hall–Kier alpha value is -1.98. The minimum Gasteiger partial charge on any atom is -0.461 e. The molecule has 0 bridgehead atoms. The highest BCUT2D eigenvalue weighted by Gasteiger charge is 2.15. The number of likely N-dealkylation sites (N-methyl/N-ethyl adjacent to an activating group) is 2. The van der Waals surface area contributed by atoms with Gasteiger partial charge in [0.1, 0.15) is 32.4 Å². The van der Waals surface area contributed by atoms with E-state index in [-0.39, 0.29) is 63.0 Å². The molecule has 0 aromatic heterocycles. The molecule has 0 aliphatic heterocycles. The van der Waals surface area contributed by atoms with E-state index in [1.54, 1.807) is 0 Å². The van der Waals surface area contributed by atoms with Crippen molar-refractivity contribution in [3.63, 3.8) is 0 Å². The Bertz CT molecular complexity index is 401. The van der Waals surface area contributed by atoms with Crippen molar-refractivity contribution in [2.45, 2.75) is 6.10 Å². The number of aliphatic hydroxyl groups is 1. The van der Waals surface area contributed by atoms with Crippen LogP contribution in [0, 0.1) is 10.8 Å². The van der Waals surface area contributed by atoms with Crippen LogP contribution in [0.4, 0.5) is 0 Å². The Morgan fingerprint density at radius 1 is 0.958 bits per heavy atom. The number of esters is 2. The Labute approximate surface area is 152 Å². The molecule has 142 valence electrons. The van der Waals surface area contributed by atoms with Crippen molar-refractivity contribution in [3.8, 4) is 0 Å². The predicted molar refractivity (Wildman–Crippen MR) is 91.5 cm³/mol. The first-order chi connectivity index (χ1) is 10.1. The van der Waals surface area contributed by atoms with E-state index in [0.717, 1.165) is 9.80 Å². The predicted octanol–water partition coefficient (Wildman–Crippen LogP) is -2.07. The van der Waals surface area contributed by atoms with Gasteiger partial charge in [-0.3, -0.25) is 20.4 Å². The molecular weight excluding hydrogens is 367 g/mol. The van der Waals surface area contributed by atoms with Crippen molar-refractivity contribution in [3.05, 3.63) is 0 Å². The molecule has 0 fully saturated rings. The van der Waals surface area contributed by atoms with Crippen LogP contribution in [0.5, 0.6) is 0 Å². The SMILES string of the molecule is CN(CC(=O)OCC(O)COC(=O)CN(C)C(=N)N)C(=N)N.Cl.Cl. The van der Waals surface area contributed by atoms with E-state index in [4.69, 9.17) is 31.8 Å². The van der Waals surface area contributed by atoms with E-state index >= 15 is 0 Å². The topological polar surface area (TPSA) is 179 Å². The first-order valence-electron chi connectivity index (χ1n) is 6.23. The molecule has 0 amide bonds. The van der Waals surface area contributed by atoms with Crippen molar-refractivity contribution in [1.82, 2.24) is 9.80 Å². The summed E-state index contributed by atoms with van der Waals surface area (Å²) in [6.45, 7) is -1.18. The molecule has 0 radical (unpaired) electrons. The molecule has 0 rings (SSSR count). The average molecular weight is 391 g/mol. The van der Waals surface area contributed by atoms with Crippen molar-refractivity contribution in [2.75, 3.05) is 40.4 Å². The molecule has 0 aliphatic carbocycles. The van der Waals surface area contributed by atoms with Gasteiger partial charge < -0.3 is 35.8 Å². The quantitative estimate of drug-likeness (QED) is 0.176. The number of carbonyl (C=O) groups is 2. The summed E-state index contributed by atoms with van der Waals surface area (Å²) in [4.78, 5) is 25.0. The number of guanidine groups is 2. The number of hydrogen-bond acceptors (Lipinski definition) is 7. The van der Waals surface area contributed by atoms with Crippen LogP contribution in [0.25, 0.3) is 0 Å². The van der Waals surface area contributed by atoms with Crippen LogP contribution in [0.3, 0.4) is 0 Å². The lowest BCUT2D eigenvalue weighted by atomic mass is 10.4. The lowest BCUT2D eigenvalue weighted by molar-refractivity contribution is -0.152. The zero-order valence-electron chi connectivity index (χ0n) is 13.4. The fourth-order valence-electron chi connectivity index (χ4n) is 1.08. The molecule has 0 aromatic carbocycles. The van der Waals surface area contributed by atoms with Crippen LogP contribution in [-0.2, 0) is 19.1 Å². The maximum atomic E-state index is 11.3. The summed E-state index contributed by atoms with van der Waals surface area (Å²) >= 11 is 0. The zero-order valence-corrected chi connectivity index (χ0v) is 15.0. The Morgan fingerprint density at radius 3 is 1.50 bits per heavy atom.